The fraction of sp³-hybridized carbons (Fsp3) is 0.611. The minimum absolute atomic E-state index is 0. The summed E-state index contributed by atoms with van der Waals surface area (Å²) in [5, 5.41) is 0. The van der Waals surface area contributed by atoms with E-state index in [0.29, 0.717) is 5.92 Å². The summed E-state index contributed by atoms with van der Waals surface area (Å²) in [5.41, 5.74) is 1.29. The van der Waals surface area contributed by atoms with Crippen LogP contribution in [0.25, 0.3) is 0 Å². The molecule has 1 fully saturated rings. The number of carbonyl (C=O) groups is 1. The molecule has 1 aromatic rings. The van der Waals surface area contributed by atoms with Crippen LogP contribution in [-0.2, 0) is 8.98 Å². The second kappa shape index (κ2) is 18.8. The highest BCUT2D eigenvalue weighted by molar-refractivity contribution is 7.89. The van der Waals surface area contributed by atoms with Gasteiger partial charge in [0.1, 0.15) is 5.75 Å². The predicted octanol–water partition coefficient (Wildman–Crippen LogP) is -9.37. The molecule has 0 atom stereocenters. The average molecular weight is 435 g/mol. The van der Waals surface area contributed by atoms with Gasteiger partial charge in [0.05, 0.1) is 12.5 Å². The lowest BCUT2D eigenvalue weighted by atomic mass is 9.79. The van der Waals surface area contributed by atoms with Gasteiger partial charge in [-0.1, -0.05) is 31.9 Å². The number of unbranched alkanes of at least 4 members (excludes halogenated alkanes) is 2. The van der Waals surface area contributed by atoms with Crippen molar-refractivity contribution in [2.24, 2.45) is 5.92 Å². The van der Waals surface area contributed by atoms with Crippen molar-refractivity contribution in [3.63, 3.8) is 0 Å². The third-order valence-electron chi connectivity index (χ3n) is 4.54. The van der Waals surface area contributed by atoms with Crippen molar-refractivity contribution < 1.29 is 41.1 Å². The summed E-state index contributed by atoms with van der Waals surface area (Å²) < 4.78 is 22.1. The minimum atomic E-state index is -0.424. The SMILES string of the molecule is CCCCCOc1ccc(C2CCC(C(=O)OSF)CC2)cc1.[F-].[F-].[F-].[F-].[F-]. The first-order valence-corrected chi connectivity index (χ1v) is 9.10. The number of hydrogen-bond donors (Lipinski definition) is 0. The van der Waals surface area contributed by atoms with Gasteiger partial charge in [0, 0.05) is 0 Å². The number of halogens is 6. The lowest BCUT2D eigenvalue weighted by Gasteiger charge is -2.27. The van der Waals surface area contributed by atoms with E-state index < -0.39 is 5.97 Å². The van der Waals surface area contributed by atoms with Gasteiger partial charge in [-0.3, -0.25) is 4.79 Å². The summed E-state index contributed by atoms with van der Waals surface area (Å²) in [6, 6.07) is 8.30. The normalized spacial score (nSPS) is 17.2. The molecule has 0 N–H and O–H groups in total. The van der Waals surface area contributed by atoms with E-state index in [0.717, 1.165) is 44.5 Å². The van der Waals surface area contributed by atoms with Crippen LogP contribution in [0, 0.1) is 5.92 Å². The van der Waals surface area contributed by atoms with Crippen LogP contribution in [0.1, 0.15) is 63.4 Å². The first-order chi connectivity index (χ1) is 11.2. The Morgan fingerprint density at radius 3 is 2.07 bits per heavy atom. The van der Waals surface area contributed by atoms with Gasteiger partial charge in [-0.25, -0.2) is 0 Å². The molecule has 2 rings (SSSR count). The maximum Gasteiger partial charge on any atom is 0.323 e. The molecule has 0 radical (unpaired) electrons. The molecule has 1 saturated carbocycles. The van der Waals surface area contributed by atoms with E-state index in [2.05, 4.69) is 23.2 Å². The number of ether oxygens (including phenoxy) is 1. The molecule has 0 aromatic heterocycles. The zero-order valence-corrected chi connectivity index (χ0v) is 16.3. The van der Waals surface area contributed by atoms with Crippen molar-refractivity contribution in [2.45, 2.75) is 57.8 Å². The molecule has 0 spiro atoms. The molecular formula is C18H25F6O3S-5. The second-order valence-electron chi connectivity index (χ2n) is 6.14. The van der Waals surface area contributed by atoms with Crippen LogP contribution >= 0.6 is 12.4 Å². The summed E-state index contributed by atoms with van der Waals surface area (Å²) in [6.07, 6.45) is 6.89. The molecule has 10 heteroatoms. The van der Waals surface area contributed by atoms with Crippen LogP contribution in [0.5, 0.6) is 5.75 Å². The average Bonchev–Trinajstić information content (AvgIpc) is 2.60. The van der Waals surface area contributed by atoms with Crippen LogP contribution in [0.3, 0.4) is 0 Å². The van der Waals surface area contributed by atoms with Crippen LogP contribution < -0.4 is 28.3 Å². The highest BCUT2D eigenvalue weighted by atomic mass is 32.2. The number of benzene rings is 1. The zero-order valence-electron chi connectivity index (χ0n) is 15.5. The van der Waals surface area contributed by atoms with Gasteiger partial charge in [-0.05, 0) is 55.7 Å². The molecule has 1 aliphatic carbocycles. The first-order valence-electron chi connectivity index (χ1n) is 8.46. The first kappa shape index (κ1) is 34.0. The fourth-order valence-corrected chi connectivity index (χ4v) is 3.34. The molecule has 0 unspecified atom stereocenters. The smallest absolute Gasteiger partial charge is 0.323 e. The summed E-state index contributed by atoms with van der Waals surface area (Å²) in [5.74, 6) is 0.802. The third-order valence-corrected chi connectivity index (χ3v) is 4.77. The van der Waals surface area contributed by atoms with Gasteiger partial charge < -0.3 is 32.4 Å². The Bertz CT molecular complexity index is 485. The number of rotatable bonds is 8. The zero-order chi connectivity index (χ0) is 16.5. The molecular weight excluding hydrogens is 410 g/mol. The Morgan fingerprint density at radius 2 is 1.57 bits per heavy atom. The highest BCUT2D eigenvalue weighted by Gasteiger charge is 2.28. The Hall–Kier alpha value is -1.58. The number of hydrogen-bond acceptors (Lipinski definition) is 4. The van der Waals surface area contributed by atoms with Crippen molar-refractivity contribution in [3.05, 3.63) is 29.8 Å². The fourth-order valence-electron chi connectivity index (χ4n) is 3.14. The van der Waals surface area contributed by atoms with Crippen LogP contribution in [0.2, 0.25) is 0 Å². The van der Waals surface area contributed by atoms with E-state index in [1.165, 1.54) is 18.4 Å². The molecule has 0 bridgehead atoms. The Labute approximate surface area is 166 Å². The van der Waals surface area contributed by atoms with E-state index in [9.17, 15) is 8.68 Å². The third kappa shape index (κ3) is 10.7. The van der Waals surface area contributed by atoms with Crippen LogP contribution in [-0.4, -0.2) is 12.6 Å². The van der Waals surface area contributed by atoms with Gasteiger partial charge in [-0.2, -0.15) is 0 Å². The highest BCUT2D eigenvalue weighted by Crippen LogP contribution is 2.37. The minimum Gasteiger partial charge on any atom is -1.00 e. The molecule has 1 aliphatic rings. The maximum absolute atomic E-state index is 12.0. The summed E-state index contributed by atoms with van der Waals surface area (Å²) in [7, 11) is 0. The molecule has 168 valence electrons. The van der Waals surface area contributed by atoms with Gasteiger partial charge in [0.15, 0.2) is 0 Å². The predicted molar refractivity (Wildman–Crippen MR) is 91.0 cm³/mol. The maximum atomic E-state index is 12.0. The summed E-state index contributed by atoms with van der Waals surface area (Å²) >= 11 is -0.352. The summed E-state index contributed by atoms with van der Waals surface area (Å²) in [4.78, 5) is 11.5. The van der Waals surface area contributed by atoms with E-state index in [-0.39, 0.29) is 41.9 Å². The quantitative estimate of drug-likeness (QED) is 0.231. The van der Waals surface area contributed by atoms with Crippen molar-refractivity contribution in [2.75, 3.05) is 6.61 Å². The van der Waals surface area contributed by atoms with E-state index in [4.69, 9.17) is 4.74 Å². The molecule has 0 amide bonds. The van der Waals surface area contributed by atoms with E-state index in [1.807, 2.05) is 12.1 Å². The van der Waals surface area contributed by atoms with Crippen molar-refractivity contribution in [1.82, 2.24) is 0 Å². The topological polar surface area (TPSA) is 35.5 Å². The van der Waals surface area contributed by atoms with Crippen molar-refractivity contribution in [3.8, 4) is 5.75 Å². The van der Waals surface area contributed by atoms with Crippen LogP contribution in [0.15, 0.2) is 24.3 Å². The molecule has 3 nitrogen and oxygen atoms in total. The Morgan fingerprint density at radius 1 is 1.00 bits per heavy atom. The van der Waals surface area contributed by atoms with Crippen molar-refractivity contribution >= 4 is 18.4 Å². The molecule has 28 heavy (non-hydrogen) atoms. The Kier molecular flexibility index (Phi) is 22.8. The lowest BCUT2D eigenvalue weighted by molar-refractivity contribution is -0.138. The van der Waals surface area contributed by atoms with Gasteiger partial charge in [0.2, 0.25) is 0 Å². The molecule has 1 aromatic carbocycles. The largest absolute Gasteiger partial charge is 1.00 e. The van der Waals surface area contributed by atoms with Gasteiger partial charge in [-0.15, -0.1) is 3.89 Å². The second-order valence-corrected chi connectivity index (χ2v) is 6.43. The molecule has 0 heterocycles. The summed E-state index contributed by atoms with van der Waals surface area (Å²) in [6.45, 7) is 2.95. The van der Waals surface area contributed by atoms with E-state index in [1.54, 1.807) is 0 Å². The number of carbonyl (C=O) groups excluding carboxylic acids is 1. The molecule has 0 aliphatic heterocycles. The molecule has 0 saturated heterocycles. The lowest BCUT2D eigenvalue weighted by Crippen LogP contribution is -3.00. The standard InChI is InChI=1S/C18H25FO3S.5FH/c1-2-3-4-13-21-17-11-9-15(10-12-17)14-5-7-16(8-6-14)18(20)22-23-19;;;;;/h9-12,14,16H,2-8,13H2,1H3;5*1H/p-5. The van der Waals surface area contributed by atoms with Crippen molar-refractivity contribution in [1.29, 1.82) is 0 Å². The Balaban J connectivity index is -0.000000576. The van der Waals surface area contributed by atoms with E-state index >= 15 is 0 Å². The van der Waals surface area contributed by atoms with Gasteiger partial charge in [0.25, 0.3) is 12.4 Å². The van der Waals surface area contributed by atoms with Crippen LogP contribution in [0.4, 0.5) is 3.89 Å². The monoisotopic (exact) mass is 435 g/mol. The van der Waals surface area contributed by atoms with Gasteiger partial charge >= 0.3 is 5.97 Å².